The van der Waals surface area contributed by atoms with E-state index in [0.29, 0.717) is 5.56 Å². The first-order valence-electron chi connectivity index (χ1n) is 4.06. The number of rotatable bonds is 3. The second-order valence-electron chi connectivity index (χ2n) is 2.78. The Labute approximate surface area is 92.1 Å². The van der Waals surface area contributed by atoms with Crippen LogP contribution in [0.4, 0.5) is 0 Å². The highest BCUT2D eigenvalue weighted by Crippen LogP contribution is 2.33. The van der Waals surface area contributed by atoms with Gasteiger partial charge in [0.1, 0.15) is 5.75 Å². The Morgan fingerprint density at radius 2 is 1.64 bits per heavy atom. The molecule has 14 heavy (non-hydrogen) atoms. The first kappa shape index (κ1) is 11.5. The highest BCUT2D eigenvalue weighted by atomic mass is 32.2. The maximum atomic E-state index is 11.4. The van der Waals surface area contributed by atoms with Crippen LogP contribution in [-0.4, -0.2) is 23.4 Å². The molecule has 0 radical (unpaired) electrons. The summed E-state index contributed by atoms with van der Waals surface area (Å²) >= 11 is 2.95. The number of aromatic hydroxyl groups is 1. The number of Topliss-reactive ketones (excluding diaryl/α,β-unsaturated/α-hetero) is 1. The Hall–Kier alpha value is -0.610. The van der Waals surface area contributed by atoms with Gasteiger partial charge in [0.2, 0.25) is 0 Å². The van der Waals surface area contributed by atoms with E-state index in [1.807, 2.05) is 12.5 Å². The minimum atomic E-state index is 0.0405. The minimum absolute atomic E-state index is 0.0405. The summed E-state index contributed by atoms with van der Waals surface area (Å²) in [6.07, 6.45) is 3.79. The maximum Gasteiger partial charge on any atom is 0.162 e. The molecular formula is C10H12O2S2. The zero-order valence-electron chi connectivity index (χ0n) is 8.33. The van der Waals surface area contributed by atoms with Gasteiger partial charge in [-0.05, 0) is 31.6 Å². The minimum Gasteiger partial charge on any atom is -0.508 e. The molecule has 4 heteroatoms. The Balaban J connectivity index is 3.40. The summed E-state index contributed by atoms with van der Waals surface area (Å²) in [6.45, 7) is 1.55. The summed E-state index contributed by atoms with van der Waals surface area (Å²) in [5.74, 6) is 0.252. The molecule has 0 aliphatic heterocycles. The topological polar surface area (TPSA) is 37.3 Å². The largest absolute Gasteiger partial charge is 0.508 e. The predicted octanol–water partition coefficient (Wildman–Crippen LogP) is 3.04. The smallest absolute Gasteiger partial charge is 0.162 e. The van der Waals surface area contributed by atoms with Crippen LogP contribution in [0.3, 0.4) is 0 Å². The molecule has 0 bridgehead atoms. The SMILES string of the molecule is CSc1cc(O)cc(SC)c1C(C)=O. The third-order valence-electron chi connectivity index (χ3n) is 1.84. The van der Waals surface area contributed by atoms with E-state index < -0.39 is 0 Å². The summed E-state index contributed by atoms with van der Waals surface area (Å²) in [6, 6.07) is 3.25. The Bertz CT molecular complexity index is 336. The molecule has 76 valence electrons. The number of hydrogen-bond acceptors (Lipinski definition) is 4. The van der Waals surface area contributed by atoms with Gasteiger partial charge in [-0.3, -0.25) is 4.79 Å². The van der Waals surface area contributed by atoms with Crippen LogP contribution in [0, 0.1) is 0 Å². The summed E-state index contributed by atoms with van der Waals surface area (Å²) < 4.78 is 0. The van der Waals surface area contributed by atoms with Crippen LogP contribution >= 0.6 is 23.5 Å². The summed E-state index contributed by atoms with van der Waals surface area (Å²) in [5.41, 5.74) is 0.711. The predicted molar refractivity (Wildman–Crippen MR) is 61.7 cm³/mol. The average molecular weight is 228 g/mol. The van der Waals surface area contributed by atoms with E-state index in [1.165, 1.54) is 23.5 Å². The lowest BCUT2D eigenvalue weighted by molar-refractivity contribution is 0.101. The van der Waals surface area contributed by atoms with Gasteiger partial charge in [-0.1, -0.05) is 0 Å². The molecule has 0 aromatic heterocycles. The summed E-state index contributed by atoms with van der Waals surface area (Å²) in [7, 11) is 0. The first-order valence-corrected chi connectivity index (χ1v) is 6.51. The van der Waals surface area contributed by atoms with Gasteiger partial charge in [0.25, 0.3) is 0 Å². The van der Waals surface area contributed by atoms with Crippen molar-refractivity contribution in [3.05, 3.63) is 17.7 Å². The third kappa shape index (κ3) is 2.25. The zero-order chi connectivity index (χ0) is 10.7. The van der Waals surface area contributed by atoms with Crippen LogP contribution in [0.25, 0.3) is 0 Å². The molecule has 1 aromatic carbocycles. The highest BCUT2D eigenvalue weighted by Gasteiger charge is 2.13. The number of phenols is 1. The molecule has 0 atom stereocenters. The number of carbonyl (C=O) groups excluding carboxylic acids is 1. The normalized spacial score (nSPS) is 10.2. The van der Waals surface area contributed by atoms with Crippen molar-refractivity contribution in [3.63, 3.8) is 0 Å². The van der Waals surface area contributed by atoms with E-state index in [0.717, 1.165) is 9.79 Å². The van der Waals surface area contributed by atoms with Crippen molar-refractivity contribution in [2.24, 2.45) is 0 Å². The van der Waals surface area contributed by atoms with Crippen molar-refractivity contribution >= 4 is 29.3 Å². The number of carbonyl (C=O) groups is 1. The Morgan fingerprint density at radius 1 is 1.21 bits per heavy atom. The van der Waals surface area contributed by atoms with Crippen LogP contribution in [0.15, 0.2) is 21.9 Å². The number of benzene rings is 1. The van der Waals surface area contributed by atoms with Crippen molar-refractivity contribution in [1.29, 1.82) is 0 Å². The number of thioether (sulfide) groups is 2. The summed E-state index contributed by atoms with van der Waals surface area (Å²) in [5, 5.41) is 9.42. The van der Waals surface area contributed by atoms with Crippen LogP contribution in [0.1, 0.15) is 17.3 Å². The monoisotopic (exact) mass is 228 g/mol. The molecule has 0 fully saturated rings. The molecule has 0 heterocycles. The van der Waals surface area contributed by atoms with Gasteiger partial charge in [-0.15, -0.1) is 23.5 Å². The van der Waals surface area contributed by atoms with E-state index in [2.05, 4.69) is 0 Å². The van der Waals surface area contributed by atoms with Crippen LogP contribution < -0.4 is 0 Å². The average Bonchev–Trinajstić information content (AvgIpc) is 2.15. The fourth-order valence-electron chi connectivity index (χ4n) is 1.25. The summed E-state index contributed by atoms with van der Waals surface area (Å²) in [4.78, 5) is 13.1. The van der Waals surface area contributed by atoms with Gasteiger partial charge in [-0.2, -0.15) is 0 Å². The van der Waals surface area contributed by atoms with E-state index in [-0.39, 0.29) is 11.5 Å². The van der Waals surface area contributed by atoms with Crippen LogP contribution in [0.5, 0.6) is 5.75 Å². The van der Waals surface area contributed by atoms with E-state index in [1.54, 1.807) is 19.1 Å². The van der Waals surface area contributed by atoms with Gasteiger partial charge in [0.15, 0.2) is 5.78 Å². The maximum absolute atomic E-state index is 11.4. The lowest BCUT2D eigenvalue weighted by Crippen LogP contribution is -1.97. The number of hydrogen-bond donors (Lipinski definition) is 1. The fourth-order valence-corrected chi connectivity index (χ4v) is 2.70. The van der Waals surface area contributed by atoms with Gasteiger partial charge in [0.05, 0.1) is 0 Å². The highest BCUT2D eigenvalue weighted by molar-refractivity contribution is 7.99. The van der Waals surface area contributed by atoms with Crippen molar-refractivity contribution < 1.29 is 9.90 Å². The van der Waals surface area contributed by atoms with Gasteiger partial charge in [-0.25, -0.2) is 0 Å². The lowest BCUT2D eigenvalue weighted by atomic mass is 10.1. The fraction of sp³-hybridized carbons (Fsp3) is 0.300. The zero-order valence-corrected chi connectivity index (χ0v) is 9.96. The molecule has 2 nitrogen and oxygen atoms in total. The Morgan fingerprint density at radius 3 is 1.93 bits per heavy atom. The molecule has 0 unspecified atom stereocenters. The molecular weight excluding hydrogens is 216 g/mol. The second kappa shape index (κ2) is 4.75. The Kier molecular flexibility index (Phi) is 3.89. The van der Waals surface area contributed by atoms with E-state index in [4.69, 9.17) is 0 Å². The standard InChI is InChI=1S/C10H12O2S2/c1-6(11)10-8(13-2)4-7(12)5-9(10)14-3/h4-5,12H,1-3H3. The third-order valence-corrected chi connectivity index (χ3v) is 3.37. The molecule has 1 aromatic rings. The lowest BCUT2D eigenvalue weighted by Gasteiger charge is -2.09. The number of ketones is 1. The molecule has 0 amide bonds. The molecule has 0 aliphatic rings. The van der Waals surface area contributed by atoms with Gasteiger partial charge in [0, 0.05) is 15.4 Å². The molecule has 1 rings (SSSR count). The van der Waals surface area contributed by atoms with Gasteiger partial charge >= 0.3 is 0 Å². The molecule has 0 spiro atoms. The van der Waals surface area contributed by atoms with E-state index in [9.17, 15) is 9.90 Å². The van der Waals surface area contributed by atoms with Crippen LogP contribution in [0.2, 0.25) is 0 Å². The van der Waals surface area contributed by atoms with Crippen molar-refractivity contribution in [1.82, 2.24) is 0 Å². The molecule has 0 aliphatic carbocycles. The van der Waals surface area contributed by atoms with Crippen LogP contribution in [-0.2, 0) is 0 Å². The quantitative estimate of drug-likeness (QED) is 0.637. The van der Waals surface area contributed by atoms with E-state index >= 15 is 0 Å². The van der Waals surface area contributed by atoms with Crippen molar-refractivity contribution in [2.45, 2.75) is 16.7 Å². The molecule has 0 saturated carbocycles. The van der Waals surface area contributed by atoms with Gasteiger partial charge < -0.3 is 5.11 Å². The molecule has 1 N–H and O–H groups in total. The number of phenolic OH excluding ortho intramolecular Hbond substituents is 1. The van der Waals surface area contributed by atoms with Crippen molar-refractivity contribution in [3.8, 4) is 5.75 Å². The second-order valence-corrected chi connectivity index (χ2v) is 4.48. The van der Waals surface area contributed by atoms with Crippen molar-refractivity contribution in [2.75, 3.05) is 12.5 Å². The first-order chi connectivity index (χ1) is 6.60. The molecule has 0 saturated heterocycles.